The van der Waals surface area contributed by atoms with Crippen molar-refractivity contribution in [3.63, 3.8) is 0 Å². The highest BCUT2D eigenvalue weighted by molar-refractivity contribution is 7.94. The van der Waals surface area contributed by atoms with E-state index in [1.165, 1.54) is 18.3 Å². The van der Waals surface area contributed by atoms with E-state index in [2.05, 4.69) is 37.5 Å². The molecule has 0 radical (unpaired) electrons. The van der Waals surface area contributed by atoms with Gasteiger partial charge in [-0.15, -0.1) is 8.67 Å². The number of hydrogen-bond donors (Lipinski definition) is 3. The summed E-state index contributed by atoms with van der Waals surface area (Å²) in [6.07, 6.45) is 15.0. The van der Waals surface area contributed by atoms with Gasteiger partial charge in [0.05, 0.1) is 28.1 Å². The first-order chi connectivity index (χ1) is 27.4. The summed E-state index contributed by atoms with van der Waals surface area (Å²) in [7, 11) is -6.42. The molecule has 0 saturated heterocycles. The minimum atomic E-state index is -4.13. The van der Waals surface area contributed by atoms with Gasteiger partial charge < -0.3 is 9.69 Å². The van der Waals surface area contributed by atoms with Crippen molar-refractivity contribution in [1.82, 2.24) is 4.31 Å². The van der Waals surface area contributed by atoms with Gasteiger partial charge in [-0.05, 0) is 75.6 Å². The number of fused-ring (bicyclic) bond motifs is 2. The Labute approximate surface area is 349 Å². The van der Waals surface area contributed by atoms with E-state index in [0.29, 0.717) is 43.0 Å². The number of sulfonamides is 1. The van der Waals surface area contributed by atoms with Crippen LogP contribution in [0.4, 0.5) is 11.4 Å². The molecule has 58 heavy (non-hydrogen) atoms. The maximum absolute atomic E-state index is 13.6. The lowest BCUT2D eigenvalue weighted by Crippen LogP contribution is -2.28. The highest BCUT2D eigenvalue weighted by Crippen LogP contribution is 2.49. The lowest BCUT2D eigenvalue weighted by molar-refractivity contribution is -0.437. The Morgan fingerprint density at radius 2 is 1.60 bits per heavy atom. The molecule has 0 atom stereocenters. The Balaban J connectivity index is 1.59. The molecule has 0 bridgehead atoms. The van der Waals surface area contributed by atoms with E-state index in [-0.39, 0.29) is 29.4 Å². The van der Waals surface area contributed by atoms with E-state index in [4.69, 9.17) is 10.5 Å². The van der Waals surface area contributed by atoms with Crippen LogP contribution in [0.25, 0.3) is 0 Å². The molecule has 3 N–H and O–H groups in total. The molecule has 0 spiro atoms. The average Bonchev–Trinajstić information content (AvgIpc) is 3.50. The third-order valence-electron chi connectivity index (χ3n) is 10.0. The molecule has 2 heterocycles. The van der Waals surface area contributed by atoms with Gasteiger partial charge in [-0.3, -0.25) is 4.55 Å². The number of benzene rings is 2. The standard InChI is InChI=1S/C39H51N3O12S4/c1-29(43)15-12-22-40(6)58(49,50)31-19-21-35-33(28-31)39(4,5)37(41(35)23-13-25-55-53-51-44)17-11-9-7-8-10-16-36-38(2,3)32-27-30(56-54-52-45)18-20-34(32)42(36)24-14-26-57(46,47)48/h7-11,16-21,27-28H,12-15,22-26H2,1-6H3,(H2-,44,45,46,47,48)/p+1. The SMILES string of the molecule is CC(=O)CCCN(C)S(=O)(=O)c1ccc2c(c1)C(C)(C)\C(=C/C=C/C=C/C=C/C1=[N+](CCCS(=O)(=O)O)c3ccc(SOOO)cc3C1(C)C)N2CCCSOOO. The van der Waals surface area contributed by atoms with E-state index in [1.807, 2.05) is 79.2 Å². The Bertz CT molecular complexity index is 2160. The molecule has 15 nitrogen and oxygen atoms in total. The maximum atomic E-state index is 13.6. The summed E-state index contributed by atoms with van der Waals surface area (Å²) in [5, 5.41) is 24.6. The van der Waals surface area contributed by atoms with Crippen molar-refractivity contribution >= 4 is 67.1 Å². The Hall–Kier alpha value is -3.18. The van der Waals surface area contributed by atoms with Crippen LogP contribution in [0.5, 0.6) is 0 Å². The fourth-order valence-corrected chi connectivity index (χ4v) is 9.62. The fraction of sp³-hybridized carbons (Fsp3) is 0.436. The highest BCUT2D eigenvalue weighted by atomic mass is 32.2. The summed E-state index contributed by atoms with van der Waals surface area (Å²) in [5.74, 6) is 0.156. The van der Waals surface area contributed by atoms with Crippen LogP contribution in [0.3, 0.4) is 0 Å². The molecule has 0 amide bonds. The van der Waals surface area contributed by atoms with E-state index in [9.17, 15) is 26.2 Å². The summed E-state index contributed by atoms with van der Waals surface area (Å²) in [4.78, 5) is 14.4. The first kappa shape index (κ1) is 47.5. The molecule has 318 valence electrons. The molecule has 4 rings (SSSR count). The molecular formula is C39H52N3O12S4+. The van der Waals surface area contributed by atoms with Crippen LogP contribution in [0, 0.1) is 0 Å². The molecule has 0 aliphatic carbocycles. The molecule has 0 saturated carbocycles. The van der Waals surface area contributed by atoms with Gasteiger partial charge >= 0.3 is 0 Å². The maximum Gasteiger partial charge on any atom is 0.265 e. The minimum absolute atomic E-state index is 0.0101. The lowest BCUT2D eigenvalue weighted by Gasteiger charge is -2.27. The average molecular weight is 883 g/mol. The number of carbonyl (C=O) groups excluding carboxylic acids is 1. The number of rotatable bonds is 23. The predicted molar refractivity (Wildman–Crippen MR) is 225 cm³/mol. The van der Waals surface area contributed by atoms with Gasteiger partial charge in [0.1, 0.15) is 12.3 Å². The number of carbonyl (C=O) groups is 1. The van der Waals surface area contributed by atoms with Gasteiger partial charge in [0.15, 0.2) is 5.71 Å². The van der Waals surface area contributed by atoms with Crippen molar-refractivity contribution in [2.75, 3.05) is 43.1 Å². The number of hydrogen-bond acceptors (Lipinski definition) is 14. The van der Waals surface area contributed by atoms with Crippen molar-refractivity contribution in [1.29, 1.82) is 0 Å². The summed E-state index contributed by atoms with van der Waals surface area (Å²) in [6.45, 7) is 10.8. The molecule has 2 aromatic rings. The van der Waals surface area contributed by atoms with Gasteiger partial charge in [0, 0.05) is 90.2 Å². The van der Waals surface area contributed by atoms with Crippen LogP contribution in [-0.4, -0.2) is 90.5 Å². The van der Waals surface area contributed by atoms with Crippen LogP contribution in [0.2, 0.25) is 0 Å². The van der Waals surface area contributed by atoms with E-state index >= 15 is 0 Å². The summed E-state index contributed by atoms with van der Waals surface area (Å²) >= 11 is 1.81. The molecule has 0 fully saturated rings. The van der Waals surface area contributed by atoms with Crippen LogP contribution in [0.15, 0.2) is 94.4 Å². The van der Waals surface area contributed by atoms with Crippen LogP contribution in [-0.2, 0) is 54.5 Å². The van der Waals surface area contributed by atoms with Crippen molar-refractivity contribution in [3.05, 3.63) is 95.8 Å². The number of nitrogens with zero attached hydrogens (tertiary/aromatic N) is 3. The first-order valence-electron chi connectivity index (χ1n) is 18.5. The van der Waals surface area contributed by atoms with Crippen molar-refractivity contribution in [2.24, 2.45) is 0 Å². The predicted octanol–water partition coefficient (Wildman–Crippen LogP) is 7.57. The molecular weight excluding hydrogens is 831 g/mol. The third kappa shape index (κ3) is 12.0. The smallest absolute Gasteiger partial charge is 0.265 e. The van der Waals surface area contributed by atoms with E-state index in [0.717, 1.165) is 58.0 Å². The van der Waals surface area contributed by atoms with Crippen LogP contribution < -0.4 is 4.90 Å². The van der Waals surface area contributed by atoms with Gasteiger partial charge in [-0.25, -0.2) is 23.2 Å². The van der Waals surface area contributed by atoms with E-state index < -0.39 is 31.0 Å². The second-order valence-electron chi connectivity index (χ2n) is 14.8. The largest absolute Gasteiger partial charge is 0.344 e. The normalized spacial score (nSPS) is 17.2. The number of Topliss-reactive ketones (excluding diaryl/α,β-unsaturated/α-hetero) is 1. The third-order valence-corrected chi connectivity index (χ3v) is 13.9. The summed E-state index contributed by atoms with van der Waals surface area (Å²) in [5.41, 5.74) is 4.35. The second kappa shape index (κ2) is 20.9. The Morgan fingerprint density at radius 1 is 0.897 bits per heavy atom. The van der Waals surface area contributed by atoms with Gasteiger partial charge in [-0.2, -0.15) is 13.0 Å². The minimum Gasteiger partial charge on any atom is -0.344 e. The van der Waals surface area contributed by atoms with Gasteiger partial charge in [0.2, 0.25) is 15.7 Å². The van der Waals surface area contributed by atoms with E-state index in [1.54, 1.807) is 18.2 Å². The molecule has 19 heteroatoms. The van der Waals surface area contributed by atoms with Crippen molar-refractivity contribution in [2.45, 2.75) is 80.9 Å². The van der Waals surface area contributed by atoms with Crippen LogP contribution >= 0.6 is 24.1 Å². The van der Waals surface area contributed by atoms with Crippen molar-refractivity contribution in [3.8, 4) is 0 Å². The van der Waals surface area contributed by atoms with Gasteiger partial charge in [-0.1, -0.05) is 54.3 Å². The van der Waals surface area contributed by atoms with Gasteiger partial charge in [0.25, 0.3) is 10.1 Å². The lowest BCUT2D eigenvalue weighted by atomic mass is 9.81. The zero-order valence-electron chi connectivity index (χ0n) is 33.4. The molecule has 2 aliphatic heterocycles. The molecule has 2 aromatic carbocycles. The Morgan fingerprint density at radius 3 is 2.29 bits per heavy atom. The summed E-state index contributed by atoms with van der Waals surface area (Å²) in [6, 6.07) is 10.8. The topological polar surface area (TPSA) is 192 Å². The Kier molecular flexibility index (Phi) is 17.1. The highest BCUT2D eigenvalue weighted by Gasteiger charge is 2.44. The molecule has 2 aliphatic rings. The fourth-order valence-electron chi connectivity index (χ4n) is 7.14. The molecule has 0 unspecified atom stereocenters. The second-order valence-corrected chi connectivity index (χ2v) is 20.0. The number of allylic oxidation sites excluding steroid dienone is 8. The monoisotopic (exact) mass is 882 g/mol. The van der Waals surface area contributed by atoms with Crippen molar-refractivity contribution < 1.29 is 60.0 Å². The first-order valence-corrected chi connectivity index (χ1v) is 23.2. The number of anilines is 1. The zero-order chi connectivity index (χ0) is 42.7. The number of ketones is 1. The van der Waals surface area contributed by atoms with Crippen LogP contribution in [0.1, 0.15) is 71.4 Å². The quantitative estimate of drug-likeness (QED) is 0.0188. The summed E-state index contributed by atoms with van der Waals surface area (Å²) < 4.78 is 71.9. The molecule has 0 aromatic heterocycles. The zero-order valence-corrected chi connectivity index (χ0v) is 36.6.